The molecule has 1 aromatic heterocycles. The van der Waals surface area contributed by atoms with Crippen LogP contribution in [0.25, 0.3) is 0 Å². The van der Waals surface area contributed by atoms with Gasteiger partial charge in [0.1, 0.15) is 12.4 Å². The van der Waals surface area contributed by atoms with Crippen molar-refractivity contribution in [2.24, 2.45) is 0 Å². The molecular weight excluding hydrogens is 266 g/mol. The fourth-order valence-corrected chi connectivity index (χ4v) is 2.15. The highest BCUT2D eigenvalue weighted by Crippen LogP contribution is 2.16. The van der Waals surface area contributed by atoms with Crippen molar-refractivity contribution in [1.29, 1.82) is 0 Å². The van der Waals surface area contributed by atoms with Crippen LogP contribution in [0.1, 0.15) is 18.7 Å². The van der Waals surface area contributed by atoms with E-state index in [1.54, 1.807) is 7.11 Å². The van der Waals surface area contributed by atoms with Crippen LogP contribution < -0.4 is 10.1 Å². The minimum atomic E-state index is 0.244. The number of nitrogens with one attached hydrogen (secondary N) is 1. The molecule has 0 aliphatic rings. The van der Waals surface area contributed by atoms with E-state index in [1.165, 1.54) is 0 Å². The van der Waals surface area contributed by atoms with Gasteiger partial charge in [0.05, 0.1) is 24.9 Å². The number of aryl methyl sites for hydroxylation is 1. The average Bonchev–Trinajstić information content (AvgIpc) is 2.86. The van der Waals surface area contributed by atoms with E-state index in [2.05, 4.69) is 21.8 Å². The summed E-state index contributed by atoms with van der Waals surface area (Å²) in [6.07, 6.45) is 2.03. The molecule has 114 valence electrons. The normalized spacial score (nSPS) is 12.1. The summed E-state index contributed by atoms with van der Waals surface area (Å²) in [5.41, 5.74) is 0.990. The van der Waals surface area contributed by atoms with Gasteiger partial charge in [-0.2, -0.15) is 0 Å². The molecule has 0 aliphatic heterocycles. The number of benzene rings is 1. The summed E-state index contributed by atoms with van der Waals surface area (Å²) in [4.78, 5) is 4.50. The zero-order valence-corrected chi connectivity index (χ0v) is 12.9. The third-order valence-electron chi connectivity index (χ3n) is 3.13. The maximum absolute atomic E-state index is 5.66. The second-order valence-corrected chi connectivity index (χ2v) is 5.01. The van der Waals surface area contributed by atoms with Crippen LogP contribution in [-0.4, -0.2) is 36.4 Å². The summed E-state index contributed by atoms with van der Waals surface area (Å²) in [5, 5.41) is 3.31. The van der Waals surface area contributed by atoms with Crippen molar-refractivity contribution in [3.63, 3.8) is 0 Å². The quantitative estimate of drug-likeness (QED) is 0.759. The van der Waals surface area contributed by atoms with E-state index in [9.17, 15) is 0 Å². The number of methoxy groups -OCH3 is 1. The van der Waals surface area contributed by atoms with Crippen molar-refractivity contribution in [1.82, 2.24) is 9.55 Å². The SMILES string of the molecule is COCC(C)n1cc(C)nc1NCCOc1ccccc1. The van der Waals surface area contributed by atoms with Crippen molar-refractivity contribution in [2.45, 2.75) is 19.9 Å². The van der Waals surface area contributed by atoms with E-state index in [-0.39, 0.29) is 6.04 Å². The van der Waals surface area contributed by atoms with Crippen LogP contribution >= 0.6 is 0 Å². The van der Waals surface area contributed by atoms with Gasteiger partial charge >= 0.3 is 0 Å². The lowest BCUT2D eigenvalue weighted by Crippen LogP contribution is -2.18. The minimum Gasteiger partial charge on any atom is -0.492 e. The fourth-order valence-electron chi connectivity index (χ4n) is 2.15. The van der Waals surface area contributed by atoms with Gasteiger partial charge < -0.3 is 19.4 Å². The summed E-state index contributed by atoms with van der Waals surface area (Å²) >= 11 is 0. The predicted molar refractivity (Wildman–Crippen MR) is 84.0 cm³/mol. The standard InChI is InChI=1S/C16H23N3O2/c1-13-11-19(14(2)12-20-3)16(18-13)17-9-10-21-15-7-5-4-6-8-15/h4-8,11,14H,9-10,12H2,1-3H3,(H,17,18). The zero-order valence-electron chi connectivity index (χ0n) is 12.9. The number of imidazole rings is 1. The fraction of sp³-hybridized carbons (Fsp3) is 0.438. The third-order valence-corrected chi connectivity index (χ3v) is 3.13. The summed E-state index contributed by atoms with van der Waals surface area (Å²) < 4.78 is 13.0. The number of aromatic nitrogens is 2. The highest BCUT2D eigenvalue weighted by atomic mass is 16.5. The van der Waals surface area contributed by atoms with E-state index in [0.29, 0.717) is 19.8 Å². The largest absolute Gasteiger partial charge is 0.492 e. The summed E-state index contributed by atoms with van der Waals surface area (Å²) in [5.74, 6) is 1.74. The first-order valence-corrected chi connectivity index (χ1v) is 7.17. The second-order valence-electron chi connectivity index (χ2n) is 5.01. The van der Waals surface area contributed by atoms with Crippen LogP contribution in [-0.2, 0) is 4.74 Å². The Morgan fingerprint density at radius 2 is 2.05 bits per heavy atom. The van der Waals surface area contributed by atoms with E-state index in [0.717, 1.165) is 17.4 Å². The summed E-state index contributed by atoms with van der Waals surface area (Å²) in [6.45, 7) is 6.04. The van der Waals surface area contributed by atoms with Gasteiger partial charge in [0.25, 0.3) is 0 Å². The summed E-state index contributed by atoms with van der Waals surface area (Å²) in [6, 6.07) is 10.0. The van der Waals surface area contributed by atoms with Gasteiger partial charge in [0.2, 0.25) is 5.95 Å². The van der Waals surface area contributed by atoms with Crippen LogP contribution in [0.5, 0.6) is 5.75 Å². The molecule has 0 fully saturated rings. The third kappa shape index (κ3) is 4.49. The monoisotopic (exact) mass is 289 g/mol. The molecule has 5 nitrogen and oxygen atoms in total. The van der Waals surface area contributed by atoms with Gasteiger partial charge in [-0.25, -0.2) is 4.98 Å². The molecule has 0 amide bonds. The Morgan fingerprint density at radius 3 is 2.76 bits per heavy atom. The molecule has 0 bridgehead atoms. The Labute approximate surface area is 125 Å². The van der Waals surface area contributed by atoms with E-state index >= 15 is 0 Å². The van der Waals surface area contributed by atoms with Gasteiger partial charge in [-0.1, -0.05) is 18.2 Å². The number of ether oxygens (including phenoxy) is 2. The predicted octanol–water partition coefficient (Wildman–Crippen LogP) is 2.89. The van der Waals surface area contributed by atoms with Crippen LogP contribution in [0.3, 0.4) is 0 Å². The average molecular weight is 289 g/mol. The molecule has 0 spiro atoms. The van der Waals surface area contributed by atoms with Crippen LogP contribution in [0.4, 0.5) is 5.95 Å². The molecule has 0 saturated heterocycles. The zero-order chi connectivity index (χ0) is 15.1. The molecule has 0 aliphatic carbocycles. The number of nitrogens with zero attached hydrogens (tertiary/aromatic N) is 2. The Kier molecular flexibility index (Phi) is 5.63. The molecule has 21 heavy (non-hydrogen) atoms. The van der Waals surface area contributed by atoms with E-state index in [1.807, 2.05) is 43.5 Å². The lowest BCUT2D eigenvalue weighted by molar-refractivity contribution is 0.163. The maximum atomic E-state index is 5.66. The van der Waals surface area contributed by atoms with Gasteiger partial charge in [-0.05, 0) is 26.0 Å². The van der Waals surface area contributed by atoms with Crippen molar-refractivity contribution in [3.05, 3.63) is 42.2 Å². The van der Waals surface area contributed by atoms with Crippen LogP contribution in [0.2, 0.25) is 0 Å². The Morgan fingerprint density at radius 1 is 1.29 bits per heavy atom. The maximum Gasteiger partial charge on any atom is 0.203 e. The molecule has 2 rings (SSSR count). The minimum absolute atomic E-state index is 0.244. The van der Waals surface area contributed by atoms with E-state index < -0.39 is 0 Å². The smallest absolute Gasteiger partial charge is 0.203 e. The van der Waals surface area contributed by atoms with Gasteiger partial charge in [0.15, 0.2) is 0 Å². The molecule has 1 heterocycles. The molecule has 1 N–H and O–H groups in total. The van der Waals surface area contributed by atoms with E-state index in [4.69, 9.17) is 9.47 Å². The van der Waals surface area contributed by atoms with Crippen molar-refractivity contribution >= 4 is 5.95 Å². The molecule has 2 aromatic rings. The summed E-state index contributed by atoms with van der Waals surface area (Å²) in [7, 11) is 1.71. The molecule has 1 atom stereocenters. The number of anilines is 1. The molecule has 0 saturated carbocycles. The molecule has 1 aromatic carbocycles. The van der Waals surface area contributed by atoms with Crippen molar-refractivity contribution in [2.75, 3.05) is 32.2 Å². The van der Waals surface area contributed by atoms with Gasteiger partial charge in [0, 0.05) is 13.3 Å². The second kappa shape index (κ2) is 7.69. The first kappa shape index (κ1) is 15.4. The molecule has 5 heteroatoms. The highest BCUT2D eigenvalue weighted by Gasteiger charge is 2.11. The van der Waals surface area contributed by atoms with Crippen molar-refractivity contribution in [3.8, 4) is 5.75 Å². The number of hydrogen-bond acceptors (Lipinski definition) is 4. The number of para-hydroxylation sites is 1. The lowest BCUT2D eigenvalue weighted by Gasteiger charge is -2.16. The Bertz CT molecular complexity index is 540. The first-order valence-electron chi connectivity index (χ1n) is 7.17. The van der Waals surface area contributed by atoms with Crippen LogP contribution in [0.15, 0.2) is 36.5 Å². The van der Waals surface area contributed by atoms with Crippen LogP contribution in [0, 0.1) is 6.92 Å². The van der Waals surface area contributed by atoms with Crippen molar-refractivity contribution < 1.29 is 9.47 Å². The molecular formula is C16H23N3O2. The molecule has 0 radical (unpaired) electrons. The van der Waals surface area contributed by atoms with Gasteiger partial charge in [-0.15, -0.1) is 0 Å². The number of rotatable bonds is 8. The topological polar surface area (TPSA) is 48.3 Å². The lowest BCUT2D eigenvalue weighted by atomic mass is 10.3. The van der Waals surface area contributed by atoms with Gasteiger partial charge in [-0.3, -0.25) is 0 Å². The first-order chi connectivity index (χ1) is 10.2. The molecule has 1 unspecified atom stereocenters. The Balaban J connectivity index is 1.85. The number of hydrogen-bond donors (Lipinski definition) is 1. The Hall–Kier alpha value is -2.01. The highest BCUT2D eigenvalue weighted by molar-refractivity contribution is 5.29.